The van der Waals surface area contributed by atoms with Crippen LogP contribution in [0.3, 0.4) is 0 Å². The lowest BCUT2D eigenvalue weighted by Gasteiger charge is -2.09. The topological polar surface area (TPSA) is 69.2 Å². The zero-order valence-corrected chi connectivity index (χ0v) is 21.2. The molecule has 5 rings (SSSR count). The standard InChI is InChI=1S/C29H26N4O2S/c1-19-31-24(21-7-5-4-6-8-21)16-28(32-19)30-17-20-9-11-22(12-10-20)29-33-25(18-36-29)23-13-14-26(34-2)27(15-23)35-3/h4-16,18H,17H2,1-3H3,(H,30,31,32). The Morgan fingerprint density at radius 2 is 1.47 bits per heavy atom. The molecule has 0 aliphatic rings. The second-order valence-corrected chi connectivity index (χ2v) is 9.07. The highest BCUT2D eigenvalue weighted by Gasteiger charge is 2.11. The fraction of sp³-hybridized carbons (Fsp3) is 0.138. The molecule has 0 radical (unpaired) electrons. The Kier molecular flexibility index (Phi) is 6.91. The lowest BCUT2D eigenvalue weighted by molar-refractivity contribution is 0.355. The first-order valence-electron chi connectivity index (χ1n) is 11.5. The molecule has 2 aromatic heterocycles. The van der Waals surface area contributed by atoms with Gasteiger partial charge < -0.3 is 14.8 Å². The van der Waals surface area contributed by atoms with Gasteiger partial charge in [0.15, 0.2) is 11.5 Å². The van der Waals surface area contributed by atoms with Crippen LogP contribution in [0.4, 0.5) is 5.82 Å². The van der Waals surface area contributed by atoms with Crippen molar-refractivity contribution < 1.29 is 9.47 Å². The molecule has 36 heavy (non-hydrogen) atoms. The third-order valence-corrected chi connectivity index (χ3v) is 6.66. The first kappa shape index (κ1) is 23.5. The van der Waals surface area contributed by atoms with E-state index in [1.807, 2.05) is 49.4 Å². The van der Waals surface area contributed by atoms with E-state index in [9.17, 15) is 0 Å². The number of thiazole rings is 1. The van der Waals surface area contributed by atoms with Gasteiger partial charge in [0, 0.05) is 34.7 Å². The van der Waals surface area contributed by atoms with Gasteiger partial charge in [-0.3, -0.25) is 0 Å². The van der Waals surface area contributed by atoms with E-state index in [2.05, 4.69) is 57.1 Å². The fourth-order valence-electron chi connectivity index (χ4n) is 3.91. The van der Waals surface area contributed by atoms with Crippen molar-refractivity contribution in [2.45, 2.75) is 13.5 Å². The third-order valence-electron chi connectivity index (χ3n) is 5.77. The number of nitrogens with one attached hydrogen (secondary N) is 1. The highest BCUT2D eigenvalue weighted by Crippen LogP contribution is 2.34. The highest BCUT2D eigenvalue weighted by atomic mass is 32.1. The molecular weight excluding hydrogens is 468 g/mol. The average Bonchev–Trinajstić information content (AvgIpc) is 3.42. The molecule has 6 nitrogen and oxygen atoms in total. The highest BCUT2D eigenvalue weighted by molar-refractivity contribution is 7.13. The number of ether oxygens (including phenoxy) is 2. The van der Waals surface area contributed by atoms with Gasteiger partial charge in [-0.2, -0.15) is 0 Å². The lowest BCUT2D eigenvalue weighted by Crippen LogP contribution is -2.04. The number of hydrogen-bond donors (Lipinski definition) is 1. The smallest absolute Gasteiger partial charge is 0.161 e. The number of benzene rings is 3. The Labute approximate surface area is 214 Å². The summed E-state index contributed by atoms with van der Waals surface area (Å²) in [6.45, 7) is 2.58. The third kappa shape index (κ3) is 5.21. The maximum absolute atomic E-state index is 5.43. The van der Waals surface area contributed by atoms with Crippen LogP contribution in [0.25, 0.3) is 33.1 Å². The van der Waals surface area contributed by atoms with Gasteiger partial charge in [-0.05, 0) is 30.7 Å². The van der Waals surface area contributed by atoms with Crippen molar-refractivity contribution in [3.8, 4) is 44.6 Å². The summed E-state index contributed by atoms with van der Waals surface area (Å²) in [4.78, 5) is 14.0. The summed E-state index contributed by atoms with van der Waals surface area (Å²) in [6.07, 6.45) is 0. The predicted molar refractivity (Wildman–Crippen MR) is 146 cm³/mol. The summed E-state index contributed by atoms with van der Waals surface area (Å²) >= 11 is 1.62. The molecule has 0 unspecified atom stereocenters. The van der Waals surface area contributed by atoms with Crippen LogP contribution < -0.4 is 14.8 Å². The number of hydrogen-bond acceptors (Lipinski definition) is 7. The molecule has 2 heterocycles. The van der Waals surface area contributed by atoms with E-state index in [1.165, 1.54) is 0 Å². The lowest BCUT2D eigenvalue weighted by atomic mass is 10.1. The Bertz CT molecular complexity index is 1470. The van der Waals surface area contributed by atoms with Crippen LogP contribution in [-0.2, 0) is 6.54 Å². The molecular formula is C29H26N4O2S. The maximum atomic E-state index is 5.43. The van der Waals surface area contributed by atoms with Gasteiger partial charge in [-0.1, -0.05) is 54.6 Å². The molecule has 0 atom stereocenters. The van der Waals surface area contributed by atoms with Crippen molar-refractivity contribution in [2.24, 2.45) is 0 Å². The summed E-state index contributed by atoms with van der Waals surface area (Å²) < 4.78 is 10.8. The quantitative estimate of drug-likeness (QED) is 0.254. The van der Waals surface area contributed by atoms with Crippen LogP contribution in [0.1, 0.15) is 11.4 Å². The Morgan fingerprint density at radius 3 is 2.22 bits per heavy atom. The summed E-state index contributed by atoms with van der Waals surface area (Å²) in [5.74, 6) is 2.94. The normalized spacial score (nSPS) is 10.8. The van der Waals surface area contributed by atoms with Crippen molar-refractivity contribution in [2.75, 3.05) is 19.5 Å². The van der Waals surface area contributed by atoms with E-state index in [1.54, 1.807) is 25.6 Å². The second kappa shape index (κ2) is 10.6. The van der Waals surface area contributed by atoms with Crippen LogP contribution in [-0.4, -0.2) is 29.2 Å². The number of aryl methyl sites for hydroxylation is 1. The van der Waals surface area contributed by atoms with Gasteiger partial charge in [0.2, 0.25) is 0 Å². The van der Waals surface area contributed by atoms with Gasteiger partial charge >= 0.3 is 0 Å². The molecule has 0 bridgehead atoms. The molecule has 180 valence electrons. The van der Waals surface area contributed by atoms with Crippen molar-refractivity contribution in [3.63, 3.8) is 0 Å². The summed E-state index contributed by atoms with van der Waals surface area (Å²) in [5, 5.41) is 6.46. The van der Waals surface area contributed by atoms with Crippen LogP contribution in [0.2, 0.25) is 0 Å². The second-order valence-electron chi connectivity index (χ2n) is 8.21. The zero-order chi connectivity index (χ0) is 24.9. The molecule has 0 spiro atoms. The van der Waals surface area contributed by atoms with Crippen molar-refractivity contribution >= 4 is 17.2 Å². The number of rotatable bonds is 8. The number of anilines is 1. The molecule has 0 fully saturated rings. The molecule has 0 aliphatic heterocycles. The van der Waals surface area contributed by atoms with E-state index in [4.69, 9.17) is 14.5 Å². The molecule has 5 aromatic rings. The van der Waals surface area contributed by atoms with Crippen molar-refractivity contribution in [3.05, 3.63) is 95.6 Å². The molecule has 1 N–H and O–H groups in total. The van der Waals surface area contributed by atoms with E-state index < -0.39 is 0 Å². The largest absolute Gasteiger partial charge is 0.493 e. The van der Waals surface area contributed by atoms with Crippen molar-refractivity contribution in [1.29, 1.82) is 0 Å². The first-order valence-corrected chi connectivity index (χ1v) is 12.4. The summed E-state index contributed by atoms with van der Waals surface area (Å²) in [7, 11) is 3.27. The zero-order valence-electron chi connectivity index (χ0n) is 20.4. The molecule has 7 heteroatoms. The maximum Gasteiger partial charge on any atom is 0.161 e. The van der Waals surface area contributed by atoms with Crippen LogP contribution in [0.15, 0.2) is 84.2 Å². The van der Waals surface area contributed by atoms with Crippen molar-refractivity contribution in [1.82, 2.24) is 15.0 Å². The number of nitrogens with zero attached hydrogens (tertiary/aromatic N) is 3. The van der Waals surface area contributed by atoms with Crippen LogP contribution in [0, 0.1) is 6.92 Å². The van der Waals surface area contributed by atoms with E-state index in [0.29, 0.717) is 18.0 Å². The van der Waals surface area contributed by atoms with E-state index in [0.717, 1.165) is 50.3 Å². The van der Waals surface area contributed by atoms with E-state index in [-0.39, 0.29) is 0 Å². The van der Waals surface area contributed by atoms with Gasteiger partial charge in [-0.25, -0.2) is 15.0 Å². The SMILES string of the molecule is COc1ccc(-c2csc(-c3ccc(CNc4cc(-c5ccccc5)nc(C)n4)cc3)n2)cc1OC. The molecule has 0 saturated carbocycles. The van der Waals surface area contributed by atoms with Gasteiger partial charge in [0.25, 0.3) is 0 Å². The minimum Gasteiger partial charge on any atom is -0.493 e. The number of methoxy groups -OCH3 is 2. The van der Waals surface area contributed by atoms with Gasteiger partial charge in [0.1, 0.15) is 16.6 Å². The Hall–Kier alpha value is -4.23. The minimum atomic E-state index is 0.666. The Morgan fingerprint density at radius 1 is 0.722 bits per heavy atom. The molecule has 0 aliphatic carbocycles. The first-order chi connectivity index (χ1) is 17.6. The van der Waals surface area contributed by atoms with Gasteiger partial charge in [0.05, 0.1) is 25.6 Å². The minimum absolute atomic E-state index is 0.666. The number of aromatic nitrogens is 3. The monoisotopic (exact) mass is 494 g/mol. The molecule has 3 aromatic carbocycles. The molecule has 0 amide bonds. The summed E-state index contributed by atoms with van der Waals surface area (Å²) in [6, 6.07) is 26.4. The molecule has 0 saturated heterocycles. The predicted octanol–water partition coefficient (Wildman–Crippen LogP) is 6.87. The fourth-order valence-corrected chi connectivity index (χ4v) is 4.74. The Balaban J connectivity index is 1.28. The van der Waals surface area contributed by atoms with E-state index >= 15 is 0 Å². The average molecular weight is 495 g/mol. The van der Waals surface area contributed by atoms with Crippen LogP contribution >= 0.6 is 11.3 Å². The summed E-state index contributed by atoms with van der Waals surface area (Å²) in [5.41, 5.74) is 6.13. The van der Waals surface area contributed by atoms with Gasteiger partial charge in [-0.15, -0.1) is 11.3 Å². The van der Waals surface area contributed by atoms with Crippen LogP contribution in [0.5, 0.6) is 11.5 Å².